The standard InChI is InChI=1S/C15H21N3O3/c16-12(14(20)21)10-15(6-2-1-3-7-15)18-13(19)11-4-8-17-9-5-11/h4-5,8-9,12H,1-3,6-7,10,16H2,(H,18,19)(H,20,21)/t12-/m0/s1. The van der Waals surface area contributed by atoms with Gasteiger partial charge < -0.3 is 16.2 Å². The Morgan fingerprint density at radius 3 is 2.48 bits per heavy atom. The van der Waals surface area contributed by atoms with Crippen LogP contribution in [0.1, 0.15) is 48.9 Å². The number of carboxylic acids is 1. The Morgan fingerprint density at radius 2 is 1.90 bits per heavy atom. The summed E-state index contributed by atoms with van der Waals surface area (Å²) < 4.78 is 0. The second kappa shape index (κ2) is 6.67. The number of carbonyl (C=O) groups excluding carboxylic acids is 1. The molecule has 1 aliphatic rings. The van der Waals surface area contributed by atoms with Crippen molar-refractivity contribution in [1.29, 1.82) is 0 Å². The van der Waals surface area contributed by atoms with Crippen molar-refractivity contribution in [3.05, 3.63) is 30.1 Å². The number of nitrogens with one attached hydrogen (secondary N) is 1. The van der Waals surface area contributed by atoms with Crippen LogP contribution in [0.25, 0.3) is 0 Å². The lowest BCUT2D eigenvalue weighted by atomic mass is 9.77. The van der Waals surface area contributed by atoms with Gasteiger partial charge in [0.15, 0.2) is 0 Å². The van der Waals surface area contributed by atoms with E-state index in [0.29, 0.717) is 5.56 Å². The summed E-state index contributed by atoms with van der Waals surface area (Å²) in [5.74, 6) is -1.23. The molecule has 0 saturated heterocycles. The van der Waals surface area contributed by atoms with Crippen LogP contribution in [-0.2, 0) is 4.79 Å². The summed E-state index contributed by atoms with van der Waals surface area (Å²) in [4.78, 5) is 27.3. The van der Waals surface area contributed by atoms with Crippen molar-refractivity contribution in [2.45, 2.75) is 50.1 Å². The number of nitrogens with two attached hydrogens (primary N) is 1. The molecular weight excluding hydrogens is 270 g/mol. The fourth-order valence-corrected chi connectivity index (χ4v) is 2.93. The van der Waals surface area contributed by atoms with E-state index in [9.17, 15) is 9.59 Å². The van der Waals surface area contributed by atoms with Gasteiger partial charge in [0.25, 0.3) is 5.91 Å². The zero-order valence-corrected chi connectivity index (χ0v) is 11.9. The van der Waals surface area contributed by atoms with Gasteiger partial charge in [-0.2, -0.15) is 0 Å². The minimum Gasteiger partial charge on any atom is -0.480 e. The van der Waals surface area contributed by atoms with E-state index in [4.69, 9.17) is 10.8 Å². The molecular formula is C15H21N3O3. The number of pyridine rings is 1. The Labute approximate surface area is 123 Å². The second-order valence-electron chi connectivity index (χ2n) is 5.68. The van der Waals surface area contributed by atoms with Gasteiger partial charge in [0.05, 0.1) is 0 Å². The van der Waals surface area contributed by atoms with E-state index in [1.54, 1.807) is 24.5 Å². The molecule has 0 radical (unpaired) electrons. The Hall–Kier alpha value is -1.95. The number of hydrogen-bond donors (Lipinski definition) is 3. The predicted octanol–water partition coefficient (Wildman–Crippen LogP) is 1.32. The van der Waals surface area contributed by atoms with Gasteiger partial charge in [-0.1, -0.05) is 19.3 Å². The molecule has 1 aliphatic carbocycles. The minimum atomic E-state index is -1.03. The third-order valence-electron chi connectivity index (χ3n) is 4.06. The Morgan fingerprint density at radius 1 is 1.29 bits per heavy atom. The van der Waals surface area contributed by atoms with Gasteiger partial charge in [0.2, 0.25) is 0 Å². The highest BCUT2D eigenvalue weighted by atomic mass is 16.4. The monoisotopic (exact) mass is 291 g/mol. The molecule has 6 heteroatoms. The molecule has 1 aromatic rings. The smallest absolute Gasteiger partial charge is 0.320 e. The average Bonchev–Trinajstić information content (AvgIpc) is 2.48. The van der Waals surface area contributed by atoms with E-state index in [2.05, 4.69) is 10.3 Å². The van der Waals surface area contributed by atoms with Crippen LogP contribution >= 0.6 is 0 Å². The minimum absolute atomic E-state index is 0.197. The van der Waals surface area contributed by atoms with Crippen LogP contribution in [0, 0.1) is 0 Å². The lowest BCUT2D eigenvalue weighted by Gasteiger charge is -2.39. The highest BCUT2D eigenvalue weighted by Crippen LogP contribution is 2.32. The summed E-state index contributed by atoms with van der Waals surface area (Å²) >= 11 is 0. The van der Waals surface area contributed by atoms with Gasteiger partial charge in [-0.15, -0.1) is 0 Å². The lowest BCUT2D eigenvalue weighted by molar-refractivity contribution is -0.139. The molecule has 1 aromatic heterocycles. The van der Waals surface area contributed by atoms with Crippen LogP contribution in [0.3, 0.4) is 0 Å². The van der Waals surface area contributed by atoms with Crippen LogP contribution < -0.4 is 11.1 Å². The number of carbonyl (C=O) groups is 2. The zero-order valence-electron chi connectivity index (χ0n) is 11.9. The average molecular weight is 291 g/mol. The molecule has 1 atom stereocenters. The molecule has 1 heterocycles. The van der Waals surface area contributed by atoms with Gasteiger partial charge in [-0.05, 0) is 31.4 Å². The lowest BCUT2D eigenvalue weighted by Crippen LogP contribution is -2.54. The number of carboxylic acid groups (broad SMARTS) is 1. The molecule has 4 N–H and O–H groups in total. The normalized spacial score (nSPS) is 18.7. The maximum Gasteiger partial charge on any atom is 0.320 e. The molecule has 0 aliphatic heterocycles. The van der Waals surface area contributed by atoms with E-state index >= 15 is 0 Å². The maximum atomic E-state index is 12.3. The van der Waals surface area contributed by atoms with Crippen LogP contribution in [0.2, 0.25) is 0 Å². The SMILES string of the molecule is N[C@@H](CC1(NC(=O)c2ccncc2)CCCCC1)C(=O)O. The molecule has 0 aromatic carbocycles. The molecule has 6 nitrogen and oxygen atoms in total. The number of rotatable bonds is 5. The second-order valence-corrected chi connectivity index (χ2v) is 5.68. The van der Waals surface area contributed by atoms with E-state index in [-0.39, 0.29) is 12.3 Å². The molecule has 1 amide bonds. The largest absolute Gasteiger partial charge is 0.480 e. The summed E-state index contributed by atoms with van der Waals surface area (Å²) in [6.45, 7) is 0. The summed E-state index contributed by atoms with van der Waals surface area (Å²) in [6.07, 6.45) is 7.98. The van der Waals surface area contributed by atoms with Crippen LogP contribution in [-0.4, -0.2) is 33.5 Å². The number of aliphatic carboxylic acids is 1. The summed E-state index contributed by atoms with van der Waals surface area (Å²) in [5, 5.41) is 12.1. The first-order valence-electron chi connectivity index (χ1n) is 7.23. The van der Waals surface area contributed by atoms with Crippen molar-refractivity contribution in [2.75, 3.05) is 0 Å². The third kappa shape index (κ3) is 4.01. The highest BCUT2D eigenvalue weighted by molar-refractivity contribution is 5.94. The summed E-state index contributed by atoms with van der Waals surface area (Å²) in [5.41, 5.74) is 5.70. The third-order valence-corrected chi connectivity index (χ3v) is 4.06. The first-order valence-corrected chi connectivity index (χ1v) is 7.23. The number of aromatic nitrogens is 1. The van der Waals surface area contributed by atoms with Gasteiger partial charge in [0.1, 0.15) is 6.04 Å². The topological polar surface area (TPSA) is 105 Å². The fraction of sp³-hybridized carbons (Fsp3) is 0.533. The zero-order chi connectivity index (χ0) is 15.3. The van der Waals surface area contributed by atoms with E-state index in [0.717, 1.165) is 32.1 Å². The number of nitrogens with zero attached hydrogens (tertiary/aromatic N) is 1. The van der Waals surface area contributed by atoms with Crippen molar-refractivity contribution < 1.29 is 14.7 Å². The molecule has 2 rings (SSSR count). The van der Waals surface area contributed by atoms with Gasteiger partial charge in [-0.3, -0.25) is 14.6 Å². The van der Waals surface area contributed by atoms with Crippen molar-refractivity contribution in [1.82, 2.24) is 10.3 Å². The first kappa shape index (κ1) is 15.4. The van der Waals surface area contributed by atoms with Crippen LogP contribution in [0.4, 0.5) is 0 Å². The molecule has 0 unspecified atom stereocenters. The van der Waals surface area contributed by atoms with Crippen LogP contribution in [0.15, 0.2) is 24.5 Å². The Bertz CT molecular complexity index is 498. The van der Waals surface area contributed by atoms with Crippen molar-refractivity contribution in [3.8, 4) is 0 Å². The van der Waals surface area contributed by atoms with Gasteiger partial charge >= 0.3 is 5.97 Å². The molecule has 114 valence electrons. The van der Waals surface area contributed by atoms with E-state index < -0.39 is 17.6 Å². The molecule has 1 fully saturated rings. The highest BCUT2D eigenvalue weighted by Gasteiger charge is 2.37. The quantitative estimate of drug-likeness (QED) is 0.758. The summed E-state index contributed by atoms with van der Waals surface area (Å²) in [6, 6.07) is 2.33. The van der Waals surface area contributed by atoms with Crippen molar-refractivity contribution >= 4 is 11.9 Å². The number of hydrogen-bond acceptors (Lipinski definition) is 4. The molecule has 0 bridgehead atoms. The Balaban J connectivity index is 2.12. The first-order chi connectivity index (χ1) is 10.0. The van der Waals surface area contributed by atoms with Crippen molar-refractivity contribution in [2.24, 2.45) is 5.73 Å². The Kier molecular flexibility index (Phi) is 4.90. The maximum absolute atomic E-state index is 12.3. The molecule has 0 spiro atoms. The van der Waals surface area contributed by atoms with E-state index in [1.807, 2.05) is 0 Å². The summed E-state index contributed by atoms with van der Waals surface area (Å²) in [7, 11) is 0. The van der Waals surface area contributed by atoms with Gasteiger partial charge in [-0.25, -0.2) is 0 Å². The molecule has 21 heavy (non-hydrogen) atoms. The number of amides is 1. The molecule has 1 saturated carbocycles. The van der Waals surface area contributed by atoms with E-state index in [1.165, 1.54) is 0 Å². The van der Waals surface area contributed by atoms with Crippen molar-refractivity contribution in [3.63, 3.8) is 0 Å². The fourth-order valence-electron chi connectivity index (χ4n) is 2.93. The van der Waals surface area contributed by atoms with Crippen LogP contribution in [0.5, 0.6) is 0 Å². The van der Waals surface area contributed by atoms with Gasteiger partial charge in [0, 0.05) is 23.5 Å². The predicted molar refractivity (Wildman–Crippen MR) is 77.7 cm³/mol.